The van der Waals surface area contributed by atoms with E-state index in [0.29, 0.717) is 0 Å². The zero-order valence-corrected chi connectivity index (χ0v) is 12.3. The number of methoxy groups -OCH3 is 1. The van der Waals surface area contributed by atoms with E-state index in [-0.39, 0.29) is 18.4 Å². The Kier molecular flexibility index (Phi) is 4.38. The Morgan fingerprint density at radius 1 is 1.56 bits per heavy atom. The average molecular weight is 268 g/mol. The second-order valence-corrected chi connectivity index (χ2v) is 10.4. The SMILES string of the molecule is COC(=O)C1=C[C@H](O)C[C@@](O)(C#C[Si](C)(C)C)C1. The molecule has 0 heterocycles. The number of hydrogen-bond donors (Lipinski definition) is 2. The van der Waals surface area contributed by atoms with Crippen LogP contribution >= 0.6 is 0 Å². The summed E-state index contributed by atoms with van der Waals surface area (Å²) in [6, 6.07) is 0. The van der Waals surface area contributed by atoms with E-state index in [0.717, 1.165) is 0 Å². The van der Waals surface area contributed by atoms with Gasteiger partial charge in [0.25, 0.3) is 0 Å². The monoisotopic (exact) mass is 268 g/mol. The van der Waals surface area contributed by atoms with E-state index in [4.69, 9.17) is 0 Å². The largest absolute Gasteiger partial charge is 0.466 e. The molecule has 1 aliphatic carbocycles. The molecule has 0 unspecified atom stereocenters. The van der Waals surface area contributed by atoms with Crippen LogP contribution in [0.25, 0.3) is 0 Å². The van der Waals surface area contributed by atoms with Crippen LogP contribution in [0.1, 0.15) is 12.8 Å². The van der Waals surface area contributed by atoms with Gasteiger partial charge in [0.05, 0.1) is 13.2 Å². The Balaban J connectivity index is 2.96. The van der Waals surface area contributed by atoms with Crippen molar-refractivity contribution in [3.8, 4) is 11.5 Å². The number of carbonyl (C=O) groups is 1. The summed E-state index contributed by atoms with van der Waals surface area (Å²) in [7, 11) is -0.331. The predicted octanol–water partition coefficient (Wildman–Crippen LogP) is 0.852. The van der Waals surface area contributed by atoms with Gasteiger partial charge in [0, 0.05) is 18.4 Å². The third kappa shape index (κ3) is 4.30. The minimum absolute atomic E-state index is 0.105. The fraction of sp³-hybridized carbons (Fsp3) is 0.615. The van der Waals surface area contributed by atoms with E-state index in [2.05, 4.69) is 35.8 Å². The smallest absolute Gasteiger partial charge is 0.333 e. The molecule has 0 amide bonds. The van der Waals surface area contributed by atoms with Crippen molar-refractivity contribution >= 4 is 14.0 Å². The highest BCUT2D eigenvalue weighted by atomic mass is 28.3. The van der Waals surface area contributed by atoms with E-state index in [1.807, 2.05) is 0 Å². The lowest BCUT2D eigenvalue weighted by atomic mass is 9.84. The maximum atomic E-state index is 11.4. The molecule has 18 heavy (non-hydrogen) atoms. The molecule has 0 aromatic carbocycles. The van der Waals surface area contributed by atoms with Crippen molar-refractivity contribution in [1.29, 1.82) is 0 Å². The molecule has 0 saturated heterocycles. The van der Waals surface area contributed by atoms with Crippen LogP contribution < -0.4 is 0 Å². The van der Waals surface area contributed by atoms with Crippen molar-refractivity contribution < 1.29 is 19.7 Å². The molecule has 0 aromatic heterocycles. The zero-order valence-electron chi connectivity index (χ0n) is 11.3. The minimum Gasteiger partial charge on any atom is -0.466 e. The molecule has 0 saturated carbocycles. The maximum absolute atomic E-state index is 11.4. The van der Waals surface area contributed by atoms with Crippen LogP contribution in [0.3, 0.4) is 0 Å². The van der Waals surface area contributed by atoms with Crippen LogP contribution in [0.15, 0.2) is 11.6 Å². The molecule has 4 nitrogen and oxygen atoms in total. The van der Waals surface area contributed by atoms with Gasteiger partial charge in [-0.3, -0.25) is 0 Å². The second-order valence-electron chi connectivity index (χ2n) is 5.66. The summed E-state index contributed by atoms with van der Waals surface area (Å²) in [6.45, 7) is 6.21. The normalized spacial score (nSPS) is 27.9. The zero-order chi connectivity index (χ0) is 14.0. The molecular formula is C13H20O4Si. The first-order valence-electron chi connectivity index (χ1n) is 5.89. The van der Waals surface area contributed by atoms with Crippen LogP contribution in [0.4, 0.5) is 0 Å². The van der Waals surface area contributed by atoms with Gasteiger partial charge in [-0.05, 0) is 6.08 Å². The van der Waals surface area contributed by atoms with Crippen molar-refractivity contribution in [3.63, 3.8) is 0 Å². The van der Waals surface area contributed by atoms with Gasteiger partial charge in [-0.25, -0.2) is 4.79 Å². The summed E-state index contributed by atoms with van der Waals surface area (Å²) in [4.78, 5) is 11.4. The van der Waals surface area contributed by atoms with E-state index in [9.17, 15) is 15.0 Å². The highest BCUT2D eigenvalue weighted by Crippen LogP contribution is 2.28. The maximum Gasteiger partial charge on any atom is 0.333 e. The number of ether oxygens (including phenoxy) is 1. The topological polar surface area (TPSA) is 66.8 Å². The highest BCUT2D eigenvalue weighted by Gasteiger charge is 2.35. The molecule has 2 N–H and O–H groups in total. The van der Waals surface area contributed by atoms with Crippen LogP contribution in [0.2, 0.25) is 19.6 Å². The Bertz CT molecular complexity index is 424. The quantitative estimate of drug-likeness (QED) is 0.420. The minimum atomic E-state index is -1.61. The molecule has 0 aliphatic heterocycles. The number of hydrogen-bond acceptors (Lipinski definition) is 4. The van der Waals surface area contributed by atoms with Crippen molar-refractivity contribution in [2.24, 2.45) is 0 Å². The van der Waals surface area contributed by atoms with Crippen molar-refractivity contribution in [2.75, 3.05) is 7.11 Å². The number of aliphatic hydroxyl groups excluding tert-OH is 1. The summed E-state index contributed by atoms with van der Waals surface area (Å²) < 4.78 is 4.61. The van der Waals surface area contributed by atoms with Crippen LogP contribution in [0.5, 0.6) is 0 Å². The second kappa shape index (κ2) is 5.27. The van der Waals surface area contributed by atoms with E-state index >= 15 is 0 Å². The Morgan fingerprint density at radius 3 is 2.67 bits per heavy atom. The molecule has 0 fully saturated rings. The van der Waals surface area contributed by atoms with E-state index in [1.165, 1.54) is 13.2 Å². The van der Waals surface area contributed by atoms with Gasteiger partial charge in [0.2, 0.25) is 0 Å². The van der Waals surface area contributed by atoms with E-state index < -0.39 is 25.7 Å². The lowest BCUT2D eigenvalue weighted by Crippen LogP contribution is -2.37. The fourth-order valence-corrected chi connectivity index (χ4v) is 2.36. The number of rotatable bonds is 1. The fourth-order valence-electron chi connectivity index (χ4n) is 1.75. The van der Waals surface area contributed by atoms with Crippen LogP contribution in [-0.4, -0.2) is 43.1 Å². The third-order valence-electron chi connectivity index (χ3n) is 2.54. The van der Waals surface area contributed by atoms with Crippen molar-refractivity contribution in [3.05, 3.63) is 11.6 Å². The first-order valence-corrected chi connectivity index (χ1v) is 9.39. The highest BCUT2D eigenvalue weighted by molar-refractivity contribution is 6.83. The lowest BCUT2D eigenvalue weighted by Gasteiger charge is -2.29. The van der Waals surface area contributed by atoms with Gasteiger partial charge in [0.1, 0.15) is 13.7 Å². The molecule has 100 valence electrons. The molecule has 1 aliphatic rings. The molecule has 0 bridgehead atoms. The van der Waals surface area contributed by atoms with Crippen molar-refractivity contribution in [1.82, 2.24) is 0 Å². The molecular weight excluding hydrogens is 248 g/mol. The van der Waals surface area contributed by atoms with Gasteiger partial charge in [-0.2, -0.15) is 0 Å². The van der Waals surface area contributed by atoms with Crippen molar-refractivity contribution in [2.45, 2.75) is 44.2 Å². The molecule has 0 aromatic rings. The number of esters is 1. The first kappa shape index (κ1) is 15.0. The average Bonchev–Trinajstić information content (AvgIpc) is 2.23. The summed E-state index contributed by atoms with van der Waals surface area (Å²) in [5.41, 5.74) is 2.02. The number of aliphatic hydroxyl groups is 2. The molecule has 2 atom stereocenters. The van der Waals surface area contributed by atoms with Gasteiger partial charge in [0.15, 0.2) is 0 Å². The third-order valence-corrected chi connectivity index (χ3v) is 3.42. The van der Waals surface area contributed by atoms with Crippen LogP contribution in [0, 0.1) is 11.5 Å². The predicted molar refractivity (Wildman–Crippen MR) is 71.4 cm³/mol. The Morgan fingerprint density at radius 2 is 2.17 bits per heavy atom. The van der Waals surface area contributed by atoms with Gasteiger partial charge >= 0.3 is 5.97 Å². The molecule has 1 rings (SSSR count). The summed E-state index contributed by atoms with van der Waals surface area (Å²) in [5.74, 6) is 2.31. The Hall–Kier alpha value is -1.09. The summed E-state index contributed by atoms with van der Waals surface area (Å²) >= 11 is 0. The van der Waals surface area contributed by atoms with Crippen LogP contribution in [-0.2, 0) is 9.53 Å². The molecule has 5 heteroatoms. The van der Waals surface area contributed by atoms with Gasteiger partial charge in [-0.1, -0.05) is 25.6 Å². The molecule has 0 radical (unpaired) electrons. The van der Waals surface area contributed by atoms with Gasteiger partial charge < -0.3 is 14.9 Å². The van der Waals surface area contributed by atoms with E-state index in [1.54, 1.807) is 0 Å². The summed E-state index contributed by atoms with van der Waals surface area (Å²) in [5, 5.41) is 20.0. The molecule has 0 spiro atoms. The standard InChI is InChI=1S/C13H20O4Si/c1-17-12(15)10-7-11(14)9-13(16,8-10)5-6-18(2,3)4/h7,11,14,16H,8-9H2,1-4H3/t11-,13+/m0/s1. The number of carbonyl (C=O) groups excluding carboxylic acids is 1. The van der Waals surface area contributed by atoms with Gasteiger partial charge in [-0.15, -0.1) is 5.54 Å². The lowest BCUT2D eigenvalue weighted by molar-refractivity contribution is -0.137. The Labute approximate surface area is 109 Å². The first-order chi connectivity index (χ1) is 8.15. The summed E-state index contributed by atoms with van der Waals surface area (Å²) in [6.07, 6.45) is 0.796.